The summed E-state index contributed by atoms with van der Waals surface area (Å²) in [5.74, 6) is -1.31. The van der Waals surface area contributed by atoms with Crippen LogP contribution in [0.2, 0.25) is 0 Å². The quantitative estimate of drug-likeness (QED) is 0.460. The zero-order valence-corrected chi connectivity index (χ0v) is 7.56. The van der Waals surface area contributed by atoms with Crippen molar-refractivity contribution in [3.63, 3.8) is 0 Å². The molecule has 0 fully saturated rings. The molecule has 1 N–H and O–H groups in total. The van der Waals surface area contributed by atoms with E-state index < -0.39 is 11.7 Å². The van der Waals surface area contributed by atoms with Crippen LogP contribution in [0.3, 0.4) is 0 Å². The maximum Gasteiger partial charge on any atom is 0.354 e. The average Bonchev–Trinajstić information content (AvgIpc) is 2.07. The Kier molecular flexibility index (Phi) is 4.80. The van der Waals surface area contributed by atoms with Gasteiger partial charge in [0, 0.05) is 22.6 Å². The van der Waals surface area contributed by atoms with Gasteiger partial charge in [-0.2, -0.15) is 0 Å². The molecule has 0 saturated heterocycles. The standard InChI is InChI=1S/C8H7NO3.Fe/c10-8(11)7(9-12)6-4-2-1-3-5-6;/h1-5,12H,(H,10,11);/p-1/b9-7-;. The van der Waals surface area contributed by atoms with Gasteiger partial charge >= 0.3 is 5.97 Å². The molecular formula is C8H6FeNO3-. The second-order valence-electron chi connectivity index (χ2n) is 2.11. The smallest absolute Gasteiger partial charge is 0.354 e. The zero-order valence-electron chi connectivity index (χ0n) is 6.45. The van der Waals surface area contributed by atoms with Crippen molar-refractivity contribution in [2.75, 3.05) is 0 Å². The third-order valence-corrected chi connectivity index (χ3v) is 1.34. The van der Waals surface area contributed by atoms with Gasteiger partial charge in [-0.3, -0.25) is 0 Å². The van der Waals surface area contributed by atoms with Gasteiger partial charge < -0.3 is 15.5 Å². The van der Waals surface area contributed by atoms with Crippen molar-refractivity contribution >= 4 is 11.7 Å². The Morgan fingerprint density at radius 1 is 1.31 bits per heavy atom. The van der Waals surface area contributed by atoms with E-state index in [9.17, 15) is 10.0 Å². The molecule has 0 aliphatic heterocycles. The van der Waals surface area contributed by atoms with Gasteiger partial charge in [0.1, 0.15) is 5.71 Å². The summed E-state index contributed by atoms with van der Waals surface area (Å²) in [4.78, 5) is 10.4. The van der Waals surface area contributed by atoms with Crippen LogP contribution in [-0.2, 0) is 21.9 Å². The van der Waals surface area contributed by atoms with Crippen LogP contribution in [0.25, 0.3) is 0 Å². The van der Waals surface area contributed by atoms with Crippen LogP contribution in [0.5, 0.6) is 0 Å². The van der Waals surface area contributed by atoms with E-state index in [4.69, 9.17) is 5.11 Å². The number of nitrogens with zero attached hydrogens (tertiary/aromatic N) is 1. The number of carboxylic acid groups (broad SMARTS) is 1. The van der Waals surface area contributed by atoms with Gasteiger partial charge in [0.15, 0.2) is 0 Å². The Morgan fingerprint density at radius 2 is 1.85 bits per heavy atom. The normalized spacial score (nSPS) is 10.3. The van der Waals surface area contributed by atoms with E-state index in [0.29, 0.717) is 5.56 Å². The Morgan fingerprint density at radius 3 is 2.23 bits per heavy atom. The van der Waals surface area contributed by atoms with E-state index in [0.717, 1.165) is 0 Å². The largest absolute Gasteiger partial charge is 0.791 e. The number of carbonyl (C=O) groups is 1. The molecular weight excluding hydrogens is 214 g/mol. The summed E-state index contributed by atoms with van der Waals surface area (Å²) in [5, 5.41) is 21.0. The van der Waals surface area contributed by atoms with Crippen molar-refractivity contribution in [2.24, 2.45) is 5.16 Å². The van der Waals surface area contributed by atoms with Crippen LogP contribution < -0.4 is 0 Å². The summed E-state index contributed by atoms with van der Waals surface area (Å²) < 4.78 is 0. The third kappa shape index (κ3) is 2.89. The molecule has 0 aliphatic rings. The van der Waals surface area contributed by atoms with Crippen molar-refractivity contribution in [3.05, 3.63) is 41.1 Å². The predicted octanol–water partition coefficient (Wildman–Crippen LogP) is 1.06. The van der Waals surface area contributed by atoms with Crippen molar-refractivity contribution < 1.29 is 27.0 Å². The fraction of sp³-hybridized carbons (Fsp3) is 0. The fourth-order valence-corrected chi connectivity index (χ4v) is 0.811. The molecule has 0 aliphatic carbocycles. The van der Waals surface area contributed by atoms with Crippen LogP contribution in [0.15, 0.2) is 35.5 Å². The number of rotatable bonds is 2. The van der Waals surface area contributed by atoms with Crippen LogP contribution >= 0.6 is 0 Å². The van der Waals surface area contributed by atoms with Gasteiger partial charge in [-0.1, -0.05) is 30.3 Å². The SMILES string of the molecule is O=C(O)/C(=N\[O-])c1ccccc1.[Fe]. The molecule has 4 nitrogen and oxygen atoms in total. The summed E-state index contributed by atoms with van der Waals surface area (Å²) in [5.41, 5.74) is -0.143. The molecule has 5 heteroatoms. The number of hydrogen-bond donors (Lipinski definition) is 1. The van der Waals surface area contributed by atoms with Crippen molar-refractivity contribution in [1.29, 1.82) is 0 Å². The maximum atomic E-state index is 10.4. The van der Waals surface area contributed by atoms with Gasteiger partial charge in [0.05, 0.1) is 0 Å². The molecule has 1 aromatic rings. The number of carboxylic acids is 1. The van der Waals surface area contributed by atoms with Gasteiger partial charge in [-0.25, -0.2) is 4.79 Å². The molecule has 0 amide bonds. The molecule has 0 atom stereocenters. The van der Waals surface area contributed by atoms with Crippen molar-refractivity contribution in [3.8, 4) is 0 Å². The zero-order chi connectivity index (χ0) is 8.97. The first-order valence-corrected chi connectivity index (χ1v) is 3.24. The fourth-order valence-electron chi connectivity index (χ4n) is 0.811. The van der Waals surface area contributed by atoms with Gasteiger partial charge in [-0.05, 0) is 0 Å². The van der Waals surface area contributed by atoms with Gasteiger partial charge in [0.2, 0.25) is 0 Å². The number of hydrogen-bond acceptors (Lipinski definition) is 3. The van der Waals surface area contributed by atoms with E-state index in [-0.39, 0.29) is 17.1 Å². The summed E-state index contributed by atoms with van der Waals surface area (Å²) >= 11 is 0. The predicted molar refractivity (Wildman–Crippen MR) is 44.0 cm³/mol. The molecule has 0 unspecified atom stereocenters. The summed E-state index contributed by atoms with van der Waals surface area (Å²) in [6, 6.07) is 8.05. The summed E-state index contributed by atoms with van der Waals surface area (Å²) in [6.45, 7) is 0. The van der Waals surface area contributed by atoms with E-state index in [1.165, 1.54) is 12.1 Å². The maximum absolute atomic E-state index is 10.4. The Hall–Kier alpha value is -1.32. The number of benzene rings is 1. The van der Waals surface area contributed by atoms with Gasteiger partial charge in [0.25, 0.3) is 0 Å². The first kappa shape index (κ1) is 11.7. The van der Waals surface area contributed by atoms with Crippen LogP contribution in [-0.4, -0.2) is 16.8 Å². The van der Waals surface area contributed by atoms with E-state index in [2.05, 4.69) is 5.16 Å². The van der Waals surface area contributed by atoms with Crippen LogP contribution in [0.4, 0.5) is 0 Å². The molecule has 70 valence electrons. The van der Waals surface area contributed by atoms with E-state index in [1.807, 2.05) is 0 Å². The molecule has 0 saturated carbocycles. The average molecular weight is 220 g/mol. The molecule has 1 aromatic carbocycles. The minimum Gasteiger partial charge on any atom is -0.791 e. The molecule has 0 radical (unpaired) electrons. The Labute approximate surface area is 85.4 Å². The molecule has 1 rings (SSSR count). The third-order valence-electron chi connectivity index (χ3n) is 1.34. The topological polar surface area (TPSA) is 72.7 Å². The first-order valence-electron chi connectivity index (χ1n) is 3.24. The molecule has 0 bridgehead atoms. The van der Waals surface area contributed by atoms with Crippen molar-refractivity contribution in [2.45, 2.75) is 0 Å². The molecule has 0 spiro atoms. The van der Waals surface area contributed by atoms with Crippen molar-refractivity contribution in [1.82, 2.24) is 0 Å². The monoisotopic (exact) mass is 220 g/mol. The summed E-state index contributed by atoms with van der Waals surface area (Å²) in [6.07, 6.45) is 0. The van der Waals surface area contributed by atoms with Crippen LogP contribution in [0.1, 0.15) is 5.56 Å². The second-order valence-corrected chi connectivity index (χ2v) is 2.11. The summed E-state index contributed by atoms with van der Waals surface area (Å²) in [7, 11) is 0. The Balaban J connectivity index is 0.00000144. The molecule has 13 heavy (non-hydrogen) atoms. The number of aliphatic carboxylic acids is 1. The molecule has 0 heterocycles. The Bertz CT molecular complexity index is 310. The minimum atomic E-state index is -1.31. The second kappa shape index (κ2) is 5.35. The molecule has 0 aromatic heterocycles. The van der Waals surface area contributed by atoms with Gasteiger partial charge in [-0.15, -0.1) is 0 Å². The van der Waals surface area contributed by atoms with Crippen LogP contribution in [0, 0.1) is 5.21 Å². The first-order chi connectivity index (χ1) is 5.75. The minimum absolute atomic E-state index is 0. The van der Waals surface area contributed by atoms with E-state index >= 15 is 0 Å². The van der Waals surface area contributed by atoms with E-state index in [1.54, 1.807) is 18.2 Å².